The molecule has 0 heterocycles. The molecule has 3 nitrogen and oxygen atoms in total. The van der Waals surface area contributed by atoms with Gasteiger partial charge in [-0.25, -0.2) is 0 Å². The predicted molar refractivity (Wildman–Crippen MR) is 78.3 cm³/mol. The normalized spacial score (nSPS) is 9.84. The van der Waals surface area contributed by atoms with E-state index in [9.17, 15) is 0 Å². The summed E-state index contributed by atoms with van der Waals surface area (Å²) >= 11 is 0. The fourth-order valence-corrected chi connectivity index (χ4v) is 1.72. The van der Waals surface area contributed by atoms with Gasteiger partial charge in [0, 0.05) is 32.2 Å². The van der Waals surface area contributed by atoms with Crippen molar-refractivity contribution in [3.8, 4) is 17.6 Å². The summed E-state index contributed by atoms with van der Waals surface area (Å²) in [6, 6.07) is 6.25. The Labute approximate surface area is 116 Å². The molecule has 1 rings (SSSR count). The van der Waals surface area contributed by atoms with Crippen LogP contribution in [0.3, 0.4) is 0 Å². The van der Waals surface area contributed by atoms with Crippen molar-refractivity contribution in [2.75, 3.05) is 26.9 Å². The Bertz CT molecular complexity index is 432. The Kier molecular flexibility index (Phi) is 7.72. The third kappa shape index (κ3) is 6.28. The molecule has 0 unspecified atom stereocenters. The minimum Gasteiger partial charge on any atom is -0.492 e. The maximum atomic E-state index is 5.78. The molecule has 0 aliphatic carbocycles. The molecule has 0 radical (unpaired) electrons. The highest BCUT2D eigenvalue weighted by atomic mass is 16.5. The summed E-state index contributed by atoms with van der Waals surface area (Å²) in [6.45, 7) is 6.91. The van der Waals surface area contributed by atoms with Crippen LogP contribution in [0.5, 0.6) is 5.75 Å². The van der Waals surface area contributed by atoms with Crippen LogP contribution in [-0.2, 0) is 11.3 Å². The zero-order valence-electron chi connectivity index (χ0n) is 12.1. The molecule has 0 atom stereocenters. The van der Waals surface area contributed by atoms with Crippen LogP contribution in [0.25, 0.3) is 0 Å². The molecule has 3 heteroatoms. The van der Waals surface area contributed by atoms with E-state index in [1.165, 1.54) is 11.1 Å². The minimum atomic E-state index is 0.634. The Morgan fingerprint density at radius 3 is 2.84 bits per heavy atom. The number of ether oxygens (including phenoxy) is 2. The van der Waals surface area contributed by atoms with E-state index in [1.807, 2.05) is 13.0 Å². The van der Waals surface area contributed by atoms with Crippen molar-refractivity contribution in [2.45, 2.75) is 26.8 Å². The van der Waals surface area contributed by atoms with Crippen molar-refractivity contribution in [1.29, 1.82) is 0 Å². The van der Waals surface area contributed by atoms with E-state index < -0.39 is 0 Å². The first-order valence-corrected chi connectivity index (χ1v) is 6.59. The summed E-state index contributed by atoms with van der Waals surface area (Å²) in [4.78, 5) is 0. The van der Waals surface area contributed by atoms with Crippen LogP contribution < -0.4 is 10.1 Å². The van der Waals surface area contributed by atoms with E-state index in [0.29, 0.717) is 13.2 Å². The second-order valence-electron chi connectivity index (χ2n) is 4.31. The molecule has 104 valence electrons. The van der Waals surface area contributed by atoms with Gasteiger partial charge in [-0.3, -0.25) is 0 Å². The molecule has 0 aliphatic rings. The highest BCUT2D eigenvalue weighted by Crippen LogP contribution is 2.20. The molecule has 0 saturated heterocycles. The smallest absolute Gasteiger partial charge is 0.123 e. The van der Waals surface area contributed by atoms with Gasteiger partial charge in [-0.15, -0.1) is 11.8 Å². The average Bonchev–Trinajstić information content (AvgIpc) is 2.41. The van der Waals surface area contributed by atoms with Gasteiger partial charge in [0.05, 0.1) is 13.2 Å². The zero-order chi connectivity index (χ0) is 13.9. The number of methoxy groups -OCH3 is 1. The van der Waals surface area contributed by atoms with Crippen molar-refractivity contribution in [1.82, 2.24) is 5.32 Å². The van der Waals surface area contributed by atoms with E-state index in [-0.39, 0.29) is 0 Å². The Hall–Kier alpha value is -1.50. The van der Waals surface area contributed by atoms with Crippen molar-refractivity contribution in [3.05, 3.63) is 29.3 Å². The van der Waals surface area contributed by atoms with E-state index in [2.05, 4.69) is 36.2 Å². The van der Waals surface area contributed by atoms with Crippen molar-refractivity contribution >= 4 is 0 Å². The van der Waals surface area contributed by atoms with E-state index in [4.69, 9.17) is 9.47 Å². The molecule has 1 N–H and O–H groups in total. The molecule has 0 aliphatic heterocycles. The number of hydrogen-bond acceptors (Lipinski definition) is 3. The Morgan fingerprint density at radius 2 is 2.11 bits per heavy atom. The molecule has 0 spiro atoms. The first kappa shape index (κ1) is 15.6. The number of nitrogens with one attached hydrogen (secondary N) is 1. The van der Waals surface area contributed by atoms with Crippen molar-refractivity contribution in [2.24, 2.45) is 0 Å². The predicted octanol–water partition coefficient (Wildman–Crippen LogP) is 2.52. The van der Waals surface area contributed by atoms with Gasteiger partial charge in [-0.1, -0.05) is 17.7 Å². The third-order valence-corrected chi connectivity index (χ3v) is 2.68. The average molecular weight is 261 g/mol. The summed E-state index contributed by atoms with van der Waals surface area (Å²) < 4.78 is 10.8. The summed E-state index contributed by atoms with van der Waals surface area (Å²) in [6.07, 6.45) is 0.765. The lowest BCUT2D eigenvalue weighted by molar-refractivity contribution is 0.199. The second kappa shape index (κ2) is 9.43. The standard InChI is InChI=1S/C16H23NO2/c1-4-5-6-10-19-16-8-7-14(2)12-15(16)13-17-9-11-18-3/h7-8,12,17H,6,9-11,13H2,1-3H3. The van der Waals surface area contributed by atoms with Crippen LogP contribution in [-0.4, -0.2) is 26.9 Å². The molecule has 1 aromatic rings. The van der Waals surface area contributed by atoms with E-state index in [1.54, 1.807) is 7.11 Å². The van der Waals surface area contributed by atoms with Crippen LogP contribution in [0, 0.1) is 18.8 Å². The number of rotatable bonds is 8. The lowest BCUT2D eigenvalue weighted by atomic mass is 10.1. The molecular formula is C16H23NO2. The molecule has 0 aromatic heterocycles. The Balaban J connectivity index is 2.54. The van der Waals surface area contributed by atoms with Gasteiger partial charge < -0.3 is 14.8 Å². The topological polar surface area (TPSA) is 30.5 Å². The van der Waals surface area contributed by atoms with Crippen LogP contribution in [0.2, 0.25) is 0 Å². The monoisotopic (exact) mass is 261 g/mol. The largest absolute Gasteiger partial charge is 0.492 e. The molecule has 0 bridgehead atoms. The van der Waals surface area contributed by atoms with Gasteiger partial charge in [0.25, 0.3) is 0 Å². The summed E-state index contributed by atoms with van der Waals surface area (Å²) in [7, 11) is 1.71. The Morgan fingerprint density at radius 1 is 1.26 bits per heavy atom. The maximum absolute atomic E-state index is 5.78. The van der Waals surface area contributed by atoms with Gasteiger partial charge in [0.1, 0.15) is 5.75 Å². The van der Waals surface area contributed by atoms with Crippen LogP contribution in [0.15, 0.2) is 18.2 Å². The summed E-state index contributed by atoms with van der Waals surface area (Å²) in [5.41, 5.74) is 2.42. The SMILES string of the molecule is CC#CCCOc1ccc(C)cc1CNCCOC. The van der Waals surface area contributed by atoms with Crippen molar-refractivity contribution in [3.63, 3.8) is 0 Å². The highest BCUT2D eigenvalue weighted by molar-refractivity contribution is 5.36. The fraction of sp³-hybridized carbons (Fsp3) is 0.500. The third-order valence-electron chi connectivity index (χ3n) is 2.68. The first-order valence-electron chi connectivity index (χ1n) is 6.59. The zero-order valence-corrected chi connectivity index (χ0v) is 12.1. The van der Waals surface area contributed by atoms with Gasteiger partial charge in [-0.2, -0.15) is 0 Å². The van der Waals surface area contributed by atoms with Crippen LogP contribution in [0.1, 0.15) is 24.5 Å². The molecular weight excluding hydrogens is 238 g/mol. The van der Waals surface area contributed by atoms with E-state index in [0.717, 1.165) is 25.3 Å². The summed E-state index contributed by atoms with van der Waals surface area (Å²) in [5.74, 6) is 6.81. The number of benzene rings is 1. The van der Waals surface area contributed by atoms with Crippen LogP contribution >= 0.6 is 0 Å². The molecule has 1 aromatic carbocycles. The highest BCUT2D eigenvalue weighted by Gasteiger charge is 2.03. The first-order chi connectivity index (χ1) is 9.27. The van der Waals surface area contributed by atoms with Gasteiger partial charge in [-0.05, 0) is 19.9 Å². The molecule has 19 heavy (non-hydrogen) atoms. The lowest BCUT2D eigenvalue weighted by Crippen LogP contribution is -2.19. The quantitative estimate of drug-likeness (QED) is 0.576. The minimum absolute atomic E-state index is 0.634. The lowest BCUT2D eigenvalue weighted by Gasteiger charge is -2.12. The van der Waals surface area contributed by atoms with E-state index >= 15 is 0 Å². The number of hydrogen-bond donors (Lipinski definition) is 1. The molecule has 0 saturated carbocycles. The second-order valence-corrected chi connectivity index (χ2v) is 4.31. The molecule has 0 amide bonds. The van der Waals surface area contributed by atoms with Crippen molar-refractivity contribution < 1.29 is 9.47 Å². The van der Waals surface area contributed by atoms with Gasteiger partial charge >= 0.3 is 0 Å². The maximum Gasteiger partial charge on any atom is 0.123 e. The fourth-order valence-electron chi connectivity index (χ4n) is 1.72. The number of aryl methyl sites for hydroxylation is 1. The molecule has 0 fully saturated rings. The van der Waals surface area contributed by atoms with Gasteiger partial charge in [0.15, 0.2) is 0 Å². The van der Waals surface area contributed by atoms with Gasteiger partial charge in [0.2, 0.25) is 0 Å². The van der Waals surface area contributed by atoms with Crippen LogP contribution in [0.4, 0.5) is 0 Å². The summed E-state index contributed by atoms with van der Waals surface area (Å²) in [5, 5.41) is 3.34.